The van der Waals surface area contributed by atoms with Crippen LogP contribution in [-0.2, 0) is 19.9 Å². The van der Waals surface area contributed by atoms with Gasteiger partial charge in [-0.1, -0.05) is 40.2 Å². The molecule has 0 amide bonds. The fourth-order valence-corrected chi connectivity index (χ4v) is 6.46. The predicted molar refractivity (Wildman–Crippen MR) is 105 cm³/mol. The van der Waals surface area contributed by atoms with Gasteiger partial charge in [0, 0.05) is 16.4 Å². The molecule has 0 aliphatic carbocycles. The van der Waals surface area contributed by atoms with Crippen molar-refractivity contribution in [3.05, 3.63) is 65.1 Å². The van der Waals surface area contributed by atoms with Crippen LogP contribution < -0.4 is 4.31 Å². The van der Waals surface area contributed by atoms with E-state index in [4.69, 9.17) is 0 Å². The second-order valence-corrected chi connectivity index (χ2v) is 10.8. The summed E-state index contributed by atoms with van der Waals surface area (Å²) < 4.78 is 52.9. The lowest BCUT2D eigenvalue weighted by molar-refractivity contribution is 0.591. The van der Waals surface area contributed by atoms with Crippen LogP contribution in [0.5, 0.6) is 0 Å². The Morgan fingerprint density at radius 2 is 1.58 bits per heavy atom. The van der Waals surface area contributed by atoms with Crippen molar-refractivity contribution in [2.45, 2.75) is 9.79 Å². The van der Waals surface area contributed by atoms with E-state index >= 15 is 0 Å². The van der Waals surface area contributed by atoms with Gasteiger partial charge in [0.05, 0.1) is 21.2 Å². The molecule has 3 aromatic carbocycles. The highest BCUT2D eigenvalue weighted by Gasteiger charge is 2.36. The van der Waals surface area contributed by atoms with E-state index in [9.17, 15) is 16.8 Å². The summed E-state index contributed by atoms with van der Waals surface area (Å²) in [5, 5.41) is 1.47. The topological polar surface area (TPSA) is 71.5 Å². The molecule has 0 N–H and O–H groups in total. The Labute approximate surface area is 160 Å². The van der Waals surface area contributed by atoms with E-state index in [1.165, 1.54) is 16.4 Å². The van der Waals surface area contributed by atoms with Crippen LogP contribution >= 0.6 is 15.9 Å². The van der Waals surface area contributed by atoms with Gasteiger partial charge in [-0.3, -0.25) is 4.31 Å². The number of sulfonamides is 1. The van der Waals surface area contributed by atoms with Crippen LogP contribution in [0, 0.1) is 0 Å². The molecule has 0 radical (unpaired) electrons. The Hall–Kier alpha value is -1.90. The molecule has 3 aromatic rings. The number of rotatable bonds is 4. The Morgan fingerprint density at radius 3 is 2.27 bits per heavy atom. The monoisotopic (exact) mass is 451 g/mol. The van der Waals surface area contributed by atoms with Crippen molar-refractivity contribution in [3.63, 3.8) is 0 Å². The summed E-state index contributed by atoms with van der Waals surface area (Å²) in [6.07, 6.45) is 0. The van der Waals surface area contributed by atoms with E-state index < -0.39 is 19.9 Å². The molecular formula is C18H14BrNO4S2. The molecule has 1 aliphatic rings. The maximum absolute atomic E-state index is 12.9. The number of anilines is 1. The molecule has 4 rings (SSSR count). The molecule has 0 atom stereocenters. The summed E-state index contributed by atoms with van der Waals surface area (Å²) >= 11 is 3.27. The Kier molecular flexibility index (Phi) is 4.09. The first-order chi connectivity index (χ1) is 12.3. The maximum Gasteiger partial charge on any atom is 0.265 e. The maximum atomic E-state index is 12.9. The van der Waals surface area contributed by atoms with Crippen LogP contribution in [0.3, 0.4) is 0 Å². The standard InChI is InChI=1S/C18H14BrNO4S2/c19-14-7-9-15(10-8-14)25(21,22)12-11-20-16-5-1-3-13-4-2-6-17(18(13)16)26(20,23)24/h1-10H,11-12H2. The fraction of sp³-hybridized carbons (Fsp3) is 0.111. The van der Waals surface area contributed by atoms with Gasteiger partial charge in [-0.2, -0.15) is 0 Å². The fourth-order valence-electron chi connectivity index (χ4n) is 3.16. The van der Waals surface area contributed by atoms with Crippen molar-refractivity contribution in [1.29, 1.82) is 0 Å². The van der Waals surface area contributed by atoms with Crippen molar-refractivity contribution in [2.75, 3.05) is 16.6 Å². The molecule has 0 fully saturated rings. The lowest BCUT2D eigenvalue weighted by Gasteiger charge is -2.18. The number of hydrogen-bond donors (Lipinski definition) is 0. The van der Waals surface area contributed by atoms with Crippen molar-refractivity contribution in [3.8, 4) is 0 Å². The molecule has 0 bridgehead atoms. The molecule has 26 heavy (non-hydrogen) atoms. The number of halogens is 1. The molecular weight excluding hydrogens is 438 g/mol. The van der Waals surface area contributed by atoms with Crippen molar-refractivity contribution in [1.82, 2.24) is 0 Å². The first-order valence-electron chi connectivity index (χ1n) is 7.83. The molecule has 1 heterocycles. The number of hydrogen-bond acceptors (Lipinski definition) is 4. The van der Waals surface area contributed by atoms with Crippen molar-refractivity contribution >= 4 is 52.3 Å². The van der Waals surface area contributed by atoms with Crippen LogP contribution in [0.2, 0.25) is 0 Å². The summed E-state index contributed by atoms with van der Waals surface area (Å²) in [7, 11) is -7.35. The number of sulfone groups is 1. The molecule has 0 saturated carbocycles. The van der Waals surface area contributed by atoms with E-state index in [0.717, 1.165) is 9.86 Å². The van der Waals surface area contributed by atoms with Gasteiger partial charge in [-0.15, -0.1) is 0 Å². The zero-order chi connectivity index (χ0) is 18.5. The molecule has 0 unspecified atom stereocenters. The van der Waals surface area contributed by atoms with E-state index in [0.29, 0.717) is 11.1 Å². The molecule has 0 spiro atoms. The van der Waals surface area contributed by atoms with Crippen LogP contribution in [0.1, 0.15) is 0 Å². The number of benzene rings is 3. The van der Waals surface area contributed by atoms with Gasteiger partial charge >= 0.3 is 0 Å². The second kappa shape index (κ2) is 6.07. The molecule has 5 nitrogen and oxygen atoms in total. The Bertz CT molecular complexity index is 1210. The van der Waals surface area contributed by atoms with Gasteiger partial charge in [0.1, 0.15) is 0 Å². The highest BCUT2D eigenvalue weighted by Crippen LogP contribution is 2.41. The van der Waals surface area contributed by atoms with Gasteiger partial charge in [-0.25, -0.2) is 16.8 Å². The van der Waals surface area contributed by atoms with Crippen molar-refractivity contribution in [2.24, 2.45) is 0 Å². The summed E-state index contributed by atoms with van der Waals surface area (Å²) in [6, 6.07) is 16.7. The van der Waals surface area contributed by atoms with Crippen LogP contribution in [0.15, 0.2) is 74.9 Å². The normalized spacial score (nSPS) is 15.5. The van der Waals surface area contributed by atoms with Crippen molar-refractivity contribution < 1.29 is 16.8 Å². The van der Waals surface area contributed by atoms with Gasteiger partial charge in [0.2, 0.25) is 0 Å². The minimum absolute atomic E-state index is 0.130. The summed E-state index contributed by atoms with van der Waals surface area (Å²) in [6.45, 7) is -0.130. The summed E-state index contributed by atoms with van der Waals surface area (Å²) in [4.78, 5) is 0.402. The quantitative estimate of drug-likeness (QED) is 0.607. The van der Waals surface area contributed by atoms with Gasteiger partial charge < -0.3 is 0 Å². The summed E-state index contributed by atoms with van der Waals surface area (Å²) in [5.74, 6) is -0.293. The Morgan fingerprint density at radius 1 is 0.923 bits per heavy atom. The van der Waals surface area contributed by atoms with Crippen LogP contribution in [0.25, 0.3) is 10.8 Å². The first-order valence-corrected chi connectivity index (χ1v) is 11.7. The molecule has 134 valence electrons. The zero-order valence-corrected chi connectivity index (χ0v) is 16.7. The molecule has 1 aliphatic heterocycles. The zero-order valence-electron chi connectivity index (χ0n) is 13.5. The van der Waals surface area contributed by atoms with Gasteiger partial charge in [0.15, 0.2) is 9.84 Å². The van der Waals surface area contributed by atoms with Crippen LogP contribution in [-0.4, -0.2) is 29.1 Å². The van der Waals surface area contributed by atoms with Crippen LogP contribution in [0.4, 0.5) is 5.69 Å². The second-order valence-electron chi connectivity index (χ2n) is 5.98. The average molecular weight is 452 g/mol. The minimum Gasteiger partial charge on any atom is -0.265 e. The van der Waals surface area contributed by atoms with E-state index in [1.807, 2.05) is 12.1 Å². The first kappa shape index (κ1) is 17.5. The van der Waals surface area contributed by atoms with E-state index in [1.54, 1.807) is 36.4 Å². The predicted octanol–water partition coefficient (Wildman–Crippen LogP) is 3.58. The molecule has 0 saturated heterocycles. The van der Waals surface area contributed by atoms with E-state index in [2.05, 4.69) is 15.9 Å². The SMILES string of the molecule is O=S(=O)(CCN1c2cccc3cccc(c23)S1(=O)=O)c1ccc(Br)cc1. The third kappa shape index (κ3) is 2.72. The smallest absolute Gasteiger partial charge is 0.265 e. The largest absolute Gasteiger partial charge is 0.265 e. The summed E-state index contributed by atoms with van der Waals surface area (Å²) in [5.41, 5.74) is 0.532. The highest BCUT2D eigenvalue weighted by molar-refractivity contribution is 9.10. The lowest BCUT2D eigenvalue weighted by Crippen LogP contribution is -2.32. The highest BCUT2D eigenvalue weighted by atomic mass is 79.9. The van der Waals surface area contributed by atoms with E-state index in [-0.39, 0.29) is 22.1 Å². The van der Waals surface area contributed by atoms with Gasteiger partial charge in [-0.05, 0) is 41.8 Å². The Balaban J connectivity index is 1.70. The third-order valence-electron chi connectivity index (χ3n) is 4.42. The molecule has 0 aromatic heterocycles. The number of nitrogens with zero attached hydrogens (tertiary/aromatic N) is 1. The minimum atomic E-state index is -3.75. The third-order valence-corrected chi connectivity index (χ3v) is 8.51. The van der Waals surface area contributed by atoms with Gasteiger partial charge in [0.25, 0.3) is 10.0 Å². The lowest BCUT2D eigenvalue weighted by atomic mass is 10.1. The molecule has 8 heteroatoms. The average Bonchev–Trinajstić information content (AvgIpc) is 2.83.